The lowest BCUT2D eigenvalue weighted by Gasteiger charge is -2.39. The van der Waals surface area contributed by atoms with Gasteiger partial charge in [0, 0.05) is 5.56 Å². The Morgan fingerprint density at radius 3 is 2.20 bits per heavy atom. The summed E-state index contributed by atoms with van der Waals surface area (Å²) in [5.74, 6) is 0.517. The lowest BCUT2D eigenvalue weighted by atomic mass is 9.91. The van der Waals surface area contributed by atoms with E-state index in [2.05, 4.69) is 34.3 Å². The summed E-state index contributed by atoms with van der Waals surface area (Å²) in [5, 5.41) is 4.50. The third-order valence-corrected chi connectivity index (χ3v) is 5.68. The fourth-order valence-corrected chi connectivity index (χ4v) is 4.25. The zero-order valence-electron chi connectivity index (χ0n) is 16.7. The van der Waals surface area contributed by atoms with Crippen molar-refractivity contribution < 1.29 is 4.79 Å². The summed E-state index contributed by atoms with van der Waals surface area (Å²) >= 11 is 0. The first kappa shape index (κ1) is 18.3. The van der Waals surface area contributed by atoms with E-state index in [1.165, 1.54) is 6.33 Å². The van der Waals surface area contributed by atoms with Crippen LogP contribution in [0.4, 0.5) is 5.95 Å². The second kappa shape index (κ2) is 7.59. The van der Waals surface area contributed by atoms with Gasteiger partial charge in [0.25, 0.3) is 5.91 Å². The van der Waals surface area contributed by atoms with Crippen molar-refractivity contribution in [3.63, 3.8) is 0 Å². The van der Waals surface area contributed by atoms with Crippen molar-refractivity contribution >= 4 is 11.9 Å². The van der Waals surface area contributed by atoms with Crippen molar-refractivity contribution in [3.05, 3.63) is 114 Å². The molecule has 0 fully saturated rings. The van der Waals surface area contributed by atoms with E-state index in [0.717, 1.165) is 23.1 Å². The third kappa shape index (κ3) is 3.18. The summed E-state index contributed by atoms with van der Waals surface area (Å²) in [7, 11) is 0. The molecule has 0 unspecified atom stereocenters. The molecule has 1 amide bonds. The van der Waals surface area contributed by atoms with Crippen LogP contribution in [-0.4, -0.2) is 20.7 Å². The SMILES string of the molecule is Cc1cccc(C(=O)N2c3ncnn3[C@H](c3ccccc3)C[C@H]2c2ccccc2)c1. The Bertz CT molecular complexity index is 1170. The fourth-order valence-electron chi connectivity index (χ4n) is 4.25. The number of anilines is 1. The van der Waals surface area contributed by atoms with Crippen LogP contribution in [0.3, 0.4) is 0 Å². The highest BCUT2D eigenvalue weighted by Gasteiger charge is 2.39. The maximum atomic E-state index is 13.7. The van der Waals surface area contributed by atoms with E-state index < -0.39 is 0 Å². The molecule has 4 aromatic rings. The molecule has 148 valence electrons. The van der Waals surface area contributed by atoms with E-state index in [9.17, 15) is 4.79 Å². The highest BCUT2D eigenvalue weighted by molar-refractivity contribution is 6.06. The van der Waals surface area contributed by atoms with Crippen LogP contribution in [0.5, 0.6) is 0 Å². The number of fused-ring (bicyclic) bond motifs is 1. The molecule has 30 heavy (non-hydrogen) atoms. The Morgan fingerprint density at radius 2 is 1.53 bits per heavy atom. The number of carbonyl (C=O) groups is 1. The van der Waals surface area contributed by atoms with Gasteiger partial charge in [-0.3, -0.25) is 9.69 Å². The Balaban J connectivity index is 1.65. The van der Waals surface area contributed by atoms with Gasteiger partial charge < -0.3 is 0 Å². The average molecular weight is 394 g/mol. The van der Waals surface area contributed by atoms with Crippen LogP contribution < -0.4 is 4.90 Å². The van der Waals surface area contributed by atoms with Gasteiger partial charge in [-0.2, -0.15) is 10.1 Å². The van der Waals surface area contributed by atoms with Crippen molar-refractivity contribution in [2.75, 3.05) is 4.90 Å². The molecule has 0 saturated heterocycles. The molecule has 0 N–H and O–H groups in total. The van der Waals surface area contributed by atoms with Gasteiger partial charge >= 0.3 is 0 Å². The van der Waals surface area contributed by atoms with E-state index in [1.54, 1.807) is 4.90 Å². The molecule has 1 aliphatic heterocycles. The summed E-state index contributed by atoms with van der Waals surface area (Å²) in [6, 6.07) is 28.1. The normalized spacial score (nSPS) is 18.1. The molecular formula is C25H22N4O. The van der Waals surface area contributed by atoms with Crippen LogP contribution >= 0.6 is 0 Å². The minimum Gasteiger partial charge on any atom is -0.269 e. The molecule has 0 saturated carbocycles. The zero-order chi connectivity index (χ0) is 20.5. The summed E-state index contributed by atoms with van der Waals surface area (Å²) in [6.45, 7) is 2.00. The highest BCUT2D eigenvalue weighted by Crippen LogP contribution is 2.42. The summed E-state index contributed by atoms with van der Waals surface area (Å²) in [4.78, 5) is 20.0. The molecule has 5 rings (SSSR count). The Kier molecular flexibility index (Phi) is 4.64. The number of aromatic nitrogens is 3. The number of nitrogens with zero attached hydrogens (tertiary/aromatic N) is 4. The second-order valence-corrected chi connectivity index (χ2v) is 7.64. The monoisotopic (exact) mass is 394 g/mol. The first-order chi connectivity index (χ1) is 14.7. The predicted molar refractivity (Wildman–Crippen MR) is 116 cm³/mol. The van der Waals surface area contributed by atoms with Gasteiger partial charge in [-0.1, -0.05) is 78.4 Å². The van der Waals surface area contributed by atoms with Crippen molar-refractivity contribution in [3.8, 4) is 0 Å². The zero-order valence-corrected chi connectivity index (χ0v) is 16.7. The minimum atomic E-state index is -0.138. The summed E-state index contributed by atoms with van der Waals surface area (Å²) < 4.78 is 1.88. The van der Waals surface area contributed by atoms with E-state index in [4.69, 9.17) is 0 Å². The molecule has 3 aromatic carbocycles. The van der Waals surface area contributed by atoms with Crippen LogP contribution in [0.25, 0.3) is 0 Å². The van der Waals surface area contributed by atoms with Gasteiger partial charge in [0.1, 0.15) is 6.33 Å². The highest BCUT2D eigenvalue weighted by atomic mass is 16.2. The third-order valence-electron chi connectivity index (χ3n) is 5.68. The molecule has 2 heterocycles. The van der Waals surface area contributed by atoms with E-state index in [0.29, 0.717) is 11.5 Å². The van der Waals surface area contributed by atoms with Gasteiger partial charge in [0.15, 0.2) is 0 Å². The number of carbonyl (C=O) groups excluding carboxylic acids is 1. The maximum Gasteiger partial charge on any atom is 0.261 e. The first-order valence-corrected chi connectivity index (χ1v) is 10.1. The van der Waals surface area contributed by atoms with Gasteiger partial charge in [-0.15, -0.1) is 0 Å². The summed E-state index contributed by atoms with van der Waals surface area (Å²) in [6.07, 6.45) is 2.26. The molecule has 0 radical (unpaired) electrons. The number of rotatable bonds is 3. The van der Waals surface area contributed by atoms with E-state index >= 15 is 0 Å². The van der Waals surface area contributed by atoms with Gasteiger partial charge in [-0.25, -0.2) is 4.68 Å². The van der Waals surface area contributed by atoms with Crippen molar-refractivity contribution in [1.82, 2.24) is 14.8 Å². The Morgan fingerprint density at radius 1 is 0.867 bits per heavy atom. The molecule has 5 heteroatoms. The smallest absolute Gasteiger partial charge is 0.261 e. The number of hydrogen-bond acceptors (Lipinski definition) is 3. The molecule has 0 spiro atoms. The summed E-state index contributed by atoms with van der Waals surface area (Å²) in [5.41, 5.74) is 3.96. The predicted octanol–water partition coefficient (Wildman–Crippen LogP) is 4.97. The number of benzene rings is 3. The molecule has 0 bridgehead atoms. The van der Waals surface area contributed by atoms with Crippen molar-refractivity contribution in [2.24, 2.45) is 0 Å². The lowest BCUT2D eigenvalue weighted by Crippen LogP contribution is -2.42. The average Bonchev–Trinajstić information content (AvgIpc) is 3.28. The van der Waals surface area contributed by atoms with Crippen molar-refractivity contribution in [2.45, 2.75) is 25.4 Å². The minimum absolute atomic E-state index is 0.00969. The number of amides is 1. The largest absolute Gasteiger partial charge is 0.269 e. The van der Waals surface area contributed by atoms with Crippen LogP contribution in [0.2, 0.25) is 0 Å². The topological polar surface area (TPSA) is 51.0 Å². The molecule has 5 nitrogen and oxygen atoms in total. The number of hydrogen-bond donors (Lipinski definition) is 0. The quantitative estimate of drug-likeness (QED) is 0.493. The standard InChI is InChI=1S/C25H22N4O/c1-18-9-8-14-21(15-18)24(30)28-22(19-10-4-2-5-11-19)16-23(20-12-6-3-7-13-20)29-25(28)26-17-27-29/h2-15,17,22-23H,16H2,1H3/t22-,23-/m0/s1. The molecule has 1 aliphatic rings. The van der Waals surface area contributed by atoms with Crippen LogP contribution in [-0.2, 0) is 0 Å². The van der Waals surface area contributed by atoms with Crippen molar-refractivity contribution in [1.29, 1.82) is 0 Å². The first-order valence-electron chi connectivity index (χ1n) is 10.1. The molecule has 1 aromatic heterocycles. The Hall–Kier alpha value is -3.73. The maximum absolute atomic E-state index is 13.7. The number of aryl methyl sites for hydroxylation is 1. The van der Waals surface area contributed by atoms with E-state index in [-0.39, 0.29) is 18.0 Å². The Labute approximate surface area is 175 Å². The molecule has 2 atom stereocenters. The van der Waals surface area contributed by atoms with Crippen LogP contribution in [0.15, 0.2) is 91.3 Å². The lowest BCUT2D eigenvalue weighted by molar-refractivity contribution is 0.0963. The second-order valence-electron chi connectivity index (χ2n) is 7.64. The van der Waals surface area contributed by atoms with Gasteiger partial charge in [0.2, 0.25) is 5.95 Å². The molecule has 0 aliphatic carbocycles. The van der Waals surface area contributed by atoms with Gasteiger partial charge in [-0.05, 0) is 36.6 Å². The van der Waals surface area contributed by atoms with E-state index in [1.807, 2.05) is 72.3 Å². The van der Waals surface area contributed by atoms with Gasteiger partial charge in [0.05, 0.1) is 12.1 Å². The fraction of sp³-hybridized carbons (Fsp3) is 0.160. The van der Waals surface area contributed by atoms with Crippen LogP contribution in [0.1, 0.15) is 45.6 Å². The van der Waals surface area contributed by atoms with Crippen LogP contribution in [0, 0.1) is 6.92 Å². The molecular weight excluding hydrogens is 372 g/mol.